The van der Waals surface area contributed by atoms with E-state index in [-0.39, 0.29) is 0 Å². The lowest BCUT2D eigenvalue weighted by atomic mass is 10.6. The van der Waals surface area contributed by atoms with Crippen LogP contribution >= 0.6 is 24.1 Å². The SMILES string of the molecule is CCO[Si](CCCSOSCCC[Si](OCC)(OCC)OCC)(OCC)OCC. The number of rotatable bonds is 22. The van der Waals surface area contributed by atoms with Crippen molar-refractivity contribution >= 4 is 41.7 Å². The third-order valence-electron chi connectivity index (χ3n) is 3.70. The van der Waals surface area contributed by atoms with Crippen molar-refractivity contribution in [3.05, 3.63) is 0 Å². The molecule has 0 spiro atoms. The molecule has 0 saturated carbocycles. The second kappa shape index (κ2) is 19.5. The maximum absolute atomic E-state index is 5.87. The Morgan fingerprint density at radius 1 is 0.483 bits per heavy atom. The van der Waals surface area contributed by atoms with Crippen LogP contribution in [0.2, 0.25) is 12.1 Å². The Bertz CT molecular complexity index is 305. The Hall–Kier alpha value is 0.854. The molecule has 0 N–H and O–H groups in total. The molecule has 7 nitrogen and oxygen atoms in total. The summed E-state index contributed by atoms with van der Waals surface area (Å²) in [5.41, 5.74) is 0. The summed E-state index contributed by atoms with van der Waals surface area (Å²) in [6, 6.07) is 1.63. The van der Waals surface area contributed by atoms with Crippen LogP contribution in [0.1, 0.15) is 54.4 Å². The third-order valence-corrected chi connectivity index (χ3v) is 11.7. The summed E-state index contributed by atoms with van der Waals surface area (Å²) in [5, 5.41) is 0. The smallest absolute Gasteiger partial charge is 0.374 e. The first-order valence-electron chi connectivity index (χ1n) is 10.8. The van der Waals surface area contributed by atoms with Crippen molar-refractivity contribution in [2.75, 3.05) is 51.1 Å². The van der Waals surface area contributed by atoms with Gasteiger partial charge in [0, 0.05) is 87.3 Å². The van der Waals surface area contributed by atoms with E-state index in [0.717, 1.165) is 36.4 Å². The molecule has 0 aromatic carbocycles. The van der Waals surface area contributed by atoms with E-state index in [1.165, 1.54) is 24.1 Å². The van der Waals surface area contributed by atoms with Crippen molar-refractivity contribution in [1.29, 1.82) is 0 Å². The van der Waals surface area contributed by atoms with Gasteiger partial charge in [-0.2, -0.15) is 0 Å². The van der Waals surface area contributed by atoms with Crippen LogP contribution < -0.4 is 0 Å². The molecule has 0 saturated heterocycles. The highest BCUT2D eigenvalue weighted by Crippen LogP contribution is 2.24. The fourth-order valence-electron chi connectivity index (χ4n) is 2.80. The second-order valence-corrected chi connectivity index (χ2v) is 13.2. The summed E-state index contributed by atoms with van der Waals surface area (Å²) < 4.78 is 40.9. The van der Waals surface area contributed by atoms with Crippen molar-refractivity contribution in [1.82, 2.24) is 0 Å². The van der Waals surface area contributed by atoms with Crippen LogP contribution in [-0.2, 0) is 30.2 Å². The summed E-state index contributed by atoms with van der Waals surface area (Å²) >= 11 is 2.95. The molecule has 0 rings (SSSR count). The number of hydrogen-bond acceptors (Lipinski definition) is 9. The van der Waals surface area contributed by atoms with Crippen molar-refractivity contribution < 1.29 is 30.2 Å². The molecule has 0 aliphatic heterocycles. The molecule has 0 amide bonds. The zero-order valence-electron chi connectivity index (χ0n) is 19.2. The van der Waals surface area contributed by atoms with Crippen LogP contribution in [0.25, 0.3) is 0 Å². The quantitative estimate of drug-likeness (QED) is 0.116. The van der Waals surface area contributed by atoms with Crippen LogP contribution in [0.5, 0.6) is 0 Å². The molecule has 0 aromatic heterocycles. The predicted molar refractivity (Wildman–Crippen MR) is 126 cm³/mol. The van der Waals surface area contributed by atoms with Crippen molar-refractivity contribution in [3.8, 4) is 0 Å². The fourth-order valence-corrected chi connectivity index (χ4v) is 9.88. The minimum absolute atomic E-state index is 0.613. The van der Waals surface area contributed by atoms with Gasteiger partial charge in [-0.15, -0.1) is 0 Å². The van der Waals surface area contributed by atoms with Crippen LogP contribution in [0.3, 0.4) is 0 Å². The van der Waals surface area contributed by atoms with Crippen LogP contribution in [-0.4, -0.2) is 68.8 Å². The molecule has 0 aromatic rings. The fraction of sp³-hybridized carbons (Fsp3) is 1.00. The number of hydrogen-bond donors (Lipinski definition) is 0. The van der Waals surface area contributed by atoms with Crippen LogP contribution in [0.15, 0.2) is 0 Å². The van der Waals surface area contributed by atoms with Gasteiger partial charge in [-0.3, -0.25) is 0 Å². The summed E-state index contributed by atoms with van der Waals surface area (Å²) in [6.45, 7) is 15.6. The average molecular weight is 491 g/mol. The summed E-state index contributed by atoms with van der Waals surface area (Å²) in [4.78, 5) is 0. The van der Waals surface area contributed by atoms with Gasteiger partial charge in [-0.1, -0.05) is 0 Å². The Labute approximate surface area is 189 Å². The highest BCUT2D eigenvalue weighted by atomic mass is 32.2. The summed E-state index contributed by atoms with van der Waals surface area (Å²) in [7, 11) is -5.07. The van der Waals surface area contributed by atoms with E-state index >= 15 is 0 Å². The van der Waals surface area contributed by atoms with Gasteiger partial charge in [0.2, 0.25) is 0 Å². The topological polar surface area (TPSA) is 64.6 Å². The first-order chi connectivity index (χ1) is 14.1. The Kier molecular flexibility index (Phi) is 20.1. The lowest BCUT2D eigenvalue weighted by Crippen LogP contribution is -2.46. The molecule has 0 atom stereocenters. The molecule has 0 radical (unpaired) electrons. The largest absolute Gasteiger partial charge is 0.500 e. The third kappa shape index (κ3) is 13.8. The standard InChI is InChI=1S/C18H42O7S2Si2/c1-7-19-28(20-8-2,21-9-3)17-13-15-26-25-27-16-14-18-29(22-10-4,23-11-5)24-12-6/h7-18H2,1-6H3. The lowest BCUT2D eigenvalue weighted by molar-refractivity contribution is 0.0704. The van der Waals surface area contributed by atoms with E-state index in [2.05, 4.69) is 0 Å². The zero-order chi connectivity index (χ0) is 21.8. The molecule has 176 valence electrons. The predicted octanol–water partition coefficient (Wildman–Crippen LogP) is 5.18. The normalized spacial score (nSPS) is 12.6. The van der Waals surface area contributed by atoms with Crippen molar-refractivity contribution in [2.45, 2.75) is 66.5 Å². The van der Waals surface area contributed by atoms with Gasteiger partial charge in [0.1, 0.15) is 0 Å². The van der Waals surface area contributed by atoms with Crippen LogP contribution in [0, 0.1) is 0 Å². The van der Waals surface area contributed by atoms with Gasteiger partial charge in [0.15, 0.2) is 0 Å². The molecule has 0 bridgehead atoms. The van der Waals surface area contributed by atoms with E-state index in [9.17, 15) is 0 Å². The molecule has 0 aliphatic carbocycles. The first kappa shape index (κ1) is 29.9. The van der Waals surface area contributed by atoms with E-state index < -0.39 is 17.6 Å². The van der Waals surface area contributed by atoms with Crippen LogP contribution in [0.4, 0.5) is 0 Å². The summed E-state index contributed by atoms with van der Waals surface area (Å²) in [5.74, 6) is 1.76. The second-order valence-electron chi connectivity index (χ2n) is 5.88. The van der Waals surface area contributed by atoms with E-state index in [1.807, 2.05) is 41.5 Å². The summed E-state index contributed by atoms with van der Waals surface area (Å²) in [6.07, 6.45) is 1.87. The monoisotopic (exact) mass is 490 g/mol. The molecule has 29 heavy (non-hydrogen) atoms. The van der Waals surface area contributed by atoms with Gasteiger partial charge in [-0.25, -0.2) is 3.63 Å². The Morgan fingerprint density at radius 3 is 1.00 bits per heavy atom. The maximum Gasteiger partial charge on any atom is 0.500 e. The van der Waals surface area contributed by atoms with Gasteiger partial charge < -0.3 is 26.6 Å². The molecule has 0 heterocycles. The highest BCUT2D eigenvalue weighted by molar-refractivity contribution is 8.07. The lowest BCUT2D eigenvalue weighted by Gasteiger charge is -2.28. The molecule has 0 aliphatic rings. The minimum atomic E-state index is -2.53. The van der Waals surface area contributed by atoms with E-state index in [1.54, 1.807) is 0 Å². The van der Waals surface area contributed by atoms with E-state index in [4.69, 9.17) is 30.2 Å². The molecular weight excluding hydrogens is 448 g/mol. The Balaban J connectivity index is 4.05. The first-order valence-corrected chi connectivity index (χ1v) is 16.5. The van der Waals surface area contributed by atoms with Gasteiger partial charge in [-0.05, 0) is 54.4 Å². The van der Waals surface area contributed by atoms with Crippen molar-refractivity contribution in [2.24, 2.45) is 0 Å². The van der Waals surface area contributed by atoms with E-state index in [0.29, 0.717) is 39.6 Å². The molecule has 0 unspecified atom stereocenters. The van der Waals surface area contributed by atoms with Gasteiger partial charge in [0.05, 0.1) is 0 Å². The maximum atomic E-state index is 5.87. The average Bonchev–Trinajstić information content (AvgIpc) is 2.68. The minimum Gasteiger partial charge on any atom is -0.374 e. The molecular formula is C18H42O7S2Si2. The highest BCUT2D eigenvalue weighted by Gasteiger charge is 2.40. The Morgan fingerprint density at radius 2 is 0.759 bits per heavy atom. The zero-order valence-corrected chi connectivity index (χ0v) is 22.8. The molecule has 11 heteroatoms. The molecule has 0 fully saturated rings. The van der Waals surface area contributed by atoms with Crippen molar-refractivity contribution in [3.63, 3.8) is 0 Å². The van der Waals surface area contributed by atoms with Gasteiger partial charge in [0.25, 0.3) is 0 Å². The van der Waals surface area contributed by atoms with Gasteiger partial charge >= 0.3 is 17.6 Å².